The van der Waals surface area contributed by atoms with Gasteiger partial charge in [0.15, 0.2) is 0 Å². The molecule has 27 heavy (non-hydrogen) atoms. The molecule has 1 aliphatic heterocycles. The Morgan fingerprint density at radius 3 is 2.37 bits per heavy atom. The molecule has 146 valence electrons. The Kier molecular flexibility index (Phi) is 5.93. The van der Waals surface area contributed by atoms with E-state index in [1.54, 1.807) is 31.2 Å². The van der Waals surface area contributed by atoms with E-state index in [0.717, 1.165) is 12.1 Å². The highest BCUT2D eigenvalue weighted by molar-refractivity contribution is 7.89. The van der Waals surface area contributed by atoms with Crippen molar-refractivity contribution in [3.05, 3.63) is 70.8 Å². The molecule has 0 spiro atoms. The van der Waals surface area contributed by atoms with Crippen LogP contribution in [-0.2, 0) is 23.0 Å². The van der Waals surface area contributed by atoms with E-state index >= 15 is 0 Å². The lowest BCUT2D eigenvalue weighted by Gasteiger charge is -2.37. The minimum Gasteiger partial charge on any atom is -0.396 e. The molecule has 0 aliphatic carbocycles. The first-order valence-electron chi connectivity index (χ1n) is 8.98. The average Bonchev–Trinajstić information content (AvgIpc) is 2.63. The molecule has 3 rings (SSSR count). The van der Waals surface area contributed by atoms with Gasteiger partial charge in [-0.3, -0.25) is 0 Å². The van der Waals surface area contributed by atoms with E-state index in [1.165, 1.54) is 4.31 Å². The van der Waals surface area contributed by atoms with Crippen LogP contribution in [-0.4, -0.2) is 30.5 Å². The van der Waals surface area contributed by atoms with Crippen molar-refractivity contribution in [1.82, 2.24) is 4.31 Å². The SMILES string of the molecule is CC1CCC(c2ccccc2)S(=O)(=O)N1Cc1cc(F)c(CCO)cc1F. The van der Waals surface area contributed by atoms with Crippen molar-refractivity contribution in [2.75, 3.05) is 6.61 Å². The molecule has 7 heteroatoms. The van der Waals surface area contributed by atoms with Crippen LogP contribution in [0.15, 0.2) is 42.5 Å². The summed E-state index contributed by atoms with van der Waals surface area (Å²) in [5.41, 5.74) is 0.785. The van der Waals surface area contributed by atoms with Crippen LogP contribution in [0, 0.1) is 11.6 Å². The molecule has 4 nitrogen and oxygen atoms in total. The zero-order chi connectivity index (χ0) is 19.6. The second-order valence-electron chi connectivity index (χ2n) is 6.92. The van der Waals surface area contributed by atoms with Crippen molar-refractivity contribution >= 4 is 10.0 Å². The van der Waals surface area contributed by atoms with Gasteiger partial charge in [-0.15, -0.1) is 0 Å². The van der Waals surface area contributed by atoms with Crippen LogP contribution in [0.3, 0.4) is 0 Å². The summed E-state index contributed by atoms with van der Waals surface area (Å²) in [7, 11) is -3.71. The van der Waals surface area contributed by atoms with E-state index in [2.05, 4.69) is 0 Å². The summed E-state index contributed by atoms with van der Waals surface area (Å²) in [5.74, 6) is -1.30. The molecule has 2 atom stereocenters. The van der Waals surface area contributed by atoms with E-state index in [0.29, 0.717) is 18.4 Å². The molecule has 2 aromatic rings. The van der Waals surface area contributed by atoms with Crippen molar-refractivity contribution in [1.29, 1.82) is 0 Å². The van der Waals surface area contributed by atoms with Gasteiger partial charge in [0.2, 0.25) is 10.0 Å². The highest BCUT2D eigenvalue weighted by Crippen LogP contribution is 2.38. The Balaban J connectivity index is 1.92. The van der Waals surface area contributed by atoms with Crippen LogP contribution in [0.4, 0.5) is 8.78 Å². The minimum atomic E-state index is -3.71. The quantitative estimate of drug-likeness (QED) is 0.842. The van der Waals surface area contributed by atoms with Gasteiger partial charge >= 0.3 is 0 Å². The van der Waals surface area contributed by atoms with Gasteiger partial charge in [-0.2, -0.15) is 4.31 Å². The zero-order valence-electron chi connectivity index (χ0n) is 15.1. The maximum atomic E-state index is 14.4. The molecule has 1 aliphatic rings. The van der Waals surface area contributed by atoms with Crippen LogP contribution < -0.4 is 0 Å². The van der Waals surface area contributed by atoms with Crippen molar-refractivity contribution in [3.63, 3.8) is 0 Å². The van der Waals surface area contributed by atoms with Gasteiger partial charge in [0.05, 0.1) is 0 Å². The fourth-order valence-corrected chi connectivity index (χ4v) is 5.77. The van der Waals surface area contributed by atoms with E-state index in [9.17, 15) is 17.2 Å². The fourth-order valence-electron chi connectivity index (χ4n) is 3.58. The molecule has 1 saturated heterocycles. The Morgan fingerprint density at radius 1 is 1.07 bits per heavy atom. The molecule has 0 aromatic heterocycles. The van der Waals surface area contributed by atoms with Crippen molar-refractivity contribution in [2.45, 2.75) is 44.0 Å². The summed E-state index contributed by atoms with van der Waals surface area (Å²) >= 11 is 0. The number of aliphatic hydroxyl groups is 1. The van der Waals surface area contributed by atoms with Crippen molar-refractivity contribution in [2.24, 2.45) is 0 Å². The third kappa shape index (κ3) is 4.05. The van der Waals surface area contributed by atoms with Crippen LogP contribution >= 0.6 is 0 Å². The van der Waals surface area contributed by atoms with E-state index in [4.69, 9.17) is 5.11 Å². The molecular weight excluding hydrogens is 372 g/mol. The summed E-state index contributed by atoms with van der Waals surface area (Å²) in [6, 6.07) is 10.7. The van der Waals surface area contributed by atoms with Gasteiger partial charge in [0.1, 0.15) is 16.9 Å². The molecule has 1 heterocycles. The maximum Gasteiger partial charge on any atom is 0.221 e. The largest absolute Gasteiger partial charge is 0.396 e. The number of nitrogens with zero attached hydrogens (tertiary/aromatic N) is 1. The molecule has 0 amide bonds. The van der Waals surface area contributed by atoms with E-state index < -0.39 is 26.9 Å². The van der Waals surface area contributed by atoms with Crippen molar-refractivity contribution < 1.29 is 22.3 Å². The predicted molar refractivity (Wildman–Crippen MR) is 99.5 cm³/mol. The minimum absolute atomic E-state index is 0.00155. The second kappa shape index (κ2) is 8.04. The smallest absolute Gasteiger partial charge is 0.221 e. The number of aliphatic hydroxyl groups excluding tert-OH is 1. The summed E-state index contributed by atoms with van der Waals surface area (Å²) in [5, 5.41) is 8.25. The summed E-state index contributed by atoms with van der Waals surface area (Å²) in [6.07, 6.45) is 1.15. The molecule has 0 bridgehead atoms. The average molecular weight is 395 g/mol. The predicted octanol–water partition coefficient (Wildman–Crippen LogP) is 3.56. The lowest BCUT2D eigenvalue weighted by Crippen LogP contribution is -2.44. The maximum absolute atomic E-state index is 14.4. The first kappa shape index (κ1) is 19.9. The highest BCUT2D eigenvalue weighted by Gasteiger charge is 2.40. The summed E-state index contributed by atoms with van der Waals surface area (Å²) < 4.78 is 56.2. The van der Waals surface area contributed by atoms with Gasteiger partial charge in [0, 0.05) is 24.8 Å². The topological polar surface area (TPSA) is 57.6 Å². The number of benzene rings is 2. The molecule has 2 unspecified atom stereocenters. The van der Waals surface area contributed by atoms with Crippen LogP contribution in [0.25, 0.3) is 0 Å². The monoisotopic (exact) mass is 395 g/mol. The summed E-state index contributed by atoms with van der Waals surface area (Å²) in [4.78, 5) is 0. The normalized spacial score (nSPS) is 22.7. The van der Waals surface area contributed by atoms with E-state index in [1.807, 2.05) is 6.07 Å². The number of halogens is 2. The molecule has 1 fully saturated rings. The third-order valence-corrected chi connectivity index (χ3v) is 7.49. The molecular formula is C20H23F2NO3S. The first-order valence-corrected chi connectivity index (χ1v) is 10.5. The van der Waals surface area contributed by atoms with Gasteiger partial charge in [-0.05, 0) is 49.4 Å². The Morgan fingerprint density at radius 2 is 1.70 bits per heavy atom. The zero-order valence-corrected chi connectivity index (χ0v) is 15.9. The first-order chi connectivity index (χ1) is 12.8. The second-order valence-corrected chi connectivity index (χ2v) is 8.99. The summed E-state index contributed by atoms with van der Waals surface area (Å²) in [6.45, 7) is 1.29. The lowest BCUT2D eigenvalue weighted by molar-refractivity contribution is 0.278. The Hall–Kier alpha value is -1.83. The third-order valence-electron chi connectivity index (χ3n) is 5.12. The van der Waals surface area contributed by atoms with Crippen LogP contribution in [0.2, 0.25) is 0 Å². The van der Waals surface area contributed by atoms with Gasteiger partial charge in [-0.1, -0.05) is 30.3 Å². The standard InChI is InChI=1S/C20H23F2NO3S/c1-14-7-8-20(15-5-3-2-4-6-15)27(25,26)23(14)13-17-12-18(21)16(9-10-24)11-19(17)22/h2-6,11-12,14,20,24H,7-10,13H2,1H3. The van der Waals surface area contributed by atoms with Crippen LogP contribution in [0.5, 0.6) is 0 Å². The number of sulfonamides is 1. The van der Waals surface area contributed by atoms with Crippen molar-refractivity contribution in [3.8, 4) is 0 Å². The highest BCUT2D eigenvalue weighted by atomic mass is 32.2. The number of rotatable bonds is 5. The number of hydrogen-bond acceptors (Lipinski definition) is 3. The number of hydrogen-bond donors (Lipinski definition) is 1. The Bertz CT molecular complexity index is 903. The lowest BCUT2D eigenvalue weighted by atomic mass is 10.0. The molecule has 2 aromatic carbocycles. The van der Waals surface area contributed by atoms with E-state index in [-0.39, 0.29) is 36.7 Å². The van der Waals surface area contributed by atoms with Gasteiger partial charge < -0.3 is 5.11 Å². The molecule has 1 N–H and O–H groups in total. The van der Waals surface area contributed by atoms with Gasteiger partial charge in [0.25, 0.3) is 0 Å². The molecule has 0 saturated carbocycles. The van der Waals surface area contributed by atoms with Gasteiger partial charge in [-0.25, -0.2) is 17.2 Å². The molecule has 0 radical (unpaired) electrons. The fraction of sp³-hybridized carbons (Fsp3) is 0.400. The van der Waals surface area contributed by atoms with Crippen LogP contribution in [0.1, 0.15) is 41.7 Å². The Labute approximate surface area is 158 Å².